The fourth-order valence-electron chi connectivity index (χ4n) is 1.60. The van der Waals surface area contributed by atoms with Crippen LogP contribution in [0.1, 0.15) is 16.8 Å². The van der Waals surface area contributed by atoms with Gasteiger partial charge in [0.05, 0.1) is 0 Å². The van der Waals surface area contributed by atoms with Crippen molar-refractivity contribution in [1.29, 1.82) is 0 Å². The number of hydrogen-bond donors (Lipinski definition) is 2. The van der Waals surface area contributed by atoms with Crippen LogP contribution in [0.5, 0.6) is 0 Å². The number of alkyl halides is 3. The van der Waals surface area contributed by atoms with Crippen molar-refractivity contribution >= 4 is 11.8 Å². The molecule has 0 aliphatic rings. The van der Waals surface area contributed by atoms with E-state index in [1.165, 1.54) is 0 Å². The molecule has 106 valence electrons. The van der Waals surface area contributed by atoms with Gasteiger partial charge in [-0.2, -0.15) is 18.2 Å². The van der Waals surface area contributed by atoms with Gasteiger partial charge in [-0.05, 0) is 12.5 Å². The number of hydrogen-bond acceptors (Lipinski definition) is 4. The fourth-order valence-corrected chi connectivity index (χ4v) is 1.60. The van der Waals surface area contributed by atoms with Crippen LogP contribution in [0.4, 0.5) is 24.9 Å². The van der Waals surface area contributed by atoms with E-state index in [0.29, 0.717) is 6.54 Å². The molecule has 0 atom stereocenters. The van der Waals surface area contributed by atoms with Crippen molar-refractivity contribution in [3.05, 3.63) is 47.2 Å². The first-order chi connectivity index (χ1) is 9.34. The minimum atomic E-state index is -4.54. The molecule has 1 aromatic carbocycles. The third kappa shape index (κ3) is 3.59. The molecular formula is C13H13F3N4. The number of nitrogens with one attached hydrogen (secondary N) is 1. The Balaban J connectivity index is 2.13. The molecule has 1 heterocycles. The number of aryl methyl sites for hydroxylation is 1. The van der Waals surface area contributed by atoms with Crippen LogP contribution in [0.15, 0.2) is 30.3 Å². The summed E-state index contributed by atoms with van der Waals surface area (Å²) in [5, 5.41) is 2.80. The molecule has 2 rings (SSSR count). The van der Waals surface area contributed by atoms with Gasteiger partial charge in [0.25, 0.3) is 0 Å². The summed E-state index contributed by atoms with van der Waals surface area (Å²) >= 11 is 0. The summed E-state index contributed by atoms with van der Waals surface area (Å²) in [6.07, 6.45) is -4.54. The molecule has 7 heteroatoms. The van der Waals surface area contributed by atoms with Gasteiger partial charge in [0, 0.05) is 12.6 Å². The second-order valence-corrected chi connectivity index (χ2v) is 4.33. The Morgan fingerprint density at radius 3 is 2.40 bits per heavy atom. The maximum atomic E-state index is 12.6. The van der Waals surface area contributed by atoms with Gasteiger partial charge in [-0.25, -0.2) is 4.98 Å². The van der Waals surface area contributed by atoms with Crippen molar-refractivity contribution in [2.75, 3.05) is 11.1 Å². The number of nitrogens with zero attached hydrogens (tertiary/aromatic N) is 2. The molecule has 0 fully saturated rings. The molecule has 4 nitrogen and oxygen atoms in total. The molecule has 1 aromatic heterocycles. The summed E-state index contributed by atoms with van der Waals surface area (Å²) in [7, 11) is 0. The Labute approximate surface area is 113 Å². The number of nitrogen functional groups attached to an aromatic ring is 1. The average Bonchev–Trinajstić information content (AvgIpc) is 2.36. The van der Waals surface area contributed by atoms with E-state index in [4.69, 9.17) is 5.73 Å². The lowest BCUT2D eigenvalue weighted by Gasteiger charge is -2.10. The van der Waals surface area contributed by atoms with Gasteiger partial charge < -0.3 is 11.1 Å². The molecule has 0 aliphatic heterocycles. The van der Waals surface area contributed by atoms with Gasteiger partial charge in [-0.1, -0.05) is 29.8 Å². The molecule has 3 N–H and O–H groups in total. The minimum absolute atomic E-state index is 0.0467. The third-order valence-electron chi connectivity index (χ3n) is 2.63. The molecule has 0 bridgehead atoms. The van der Waals surface area contributed by atoms with E-state index in [2.05, 4.69) is 15.3 Å². The normalized spacial score (nSPS) is 11.4. The predicted octanol–water partition coefficient (Wildman–Crippen LogP) is 3.00. The highest BCUT2D eigenvalue weighted by atomic mass is 19.4. The zero-order valence-electron chi connectivity index (χ0n) is 10.7. The van der Waals surface area contributed by atoms with Gasteiger partial charge in [0.15, 0.2) is 5.69 Å². The van der Waals surface area contributed by atoms with Gasteiger partial charge in [-0.15, -0.1) is 0 Å². The van der Waals surface area contributed by atoms with Crippen LogP contribution in [0.3, 0.4) is 0 Å². The van der Waals surface area contributed by atoms with Gasteiger partial charge >= 0.3 is 6.18 Å². The molecule has 20 heavy (non-hydrogen) atoms. The molecule has 0 unspecified atom stereocenters. The number of halogens is 3. The quantitative estimate of drug-likeness (QED) is 0.908. The van der Waals surface area contributed by atoms with Crippen molar-refractivity contribution in [3.8, 4) is 0 Å². The number of anilines is 2. The summed E-state index contributed by atoms with van der Waals surface area (Å²) in [6.45, 7) is 2.31. The van der Waals surface area contributed by atoms with Crippen molar-refractivity contribution in [2.24, 2.45) is 0 Å². The minimum Gasteiger partial charge on any atom is -0.368 e. The molecule has 0 aliphatic carbocycles. The topological polar surface area (TPSA) is 63.8 Å². The van der Waals surface area contributed by atoms with Crippen LogP contribution in [-0.2, 0) is 12.7 Å². The highest BCUT2D eigenvalue weighted by Gasteiger charge is 2.33. The largest absolute Gasteiger partial charge is 0.433 e. The van der Waals surface area contributed by atoms with E-state index in [1.807, 2.05) is 31.2 Å². The van der Waals surface area contributed by atoms with Crippen molar-refractivity contribution < 1.29 is 13.2 Å². The first kappa shape index (κ1) is 14.1. The molecule has 0 spiro atoms. The SMILES string of the molecule is Cc1ccc(CNc2cc(C(F)(F)F)nc(N)n2)cc1. The van der Waals surface area contributed by atoms with Crippen LogP contribution >= 0.6 is 0 Å². The van der Waals surface area contributed by atoms with Crippen LogP contribution < -0.4 is 11.1 Å². The summed E-state index contributed by atoms with van der Waals surface area (Å²) in [5.74, 6) is -0.364. The molecular weight excluding hydrogens is 269 g/mol. The molecule has 0 amide bonds. The van der Waals surface area contributed by atoms with Crippen molar-refractivity contribution in [2.45, 2.75) is 19.6 Å². The predicted molar refractivity (Wildman–Crippen MR) is 70.0 cm³/mol. The van der Waals surface area contributed by atoms with E-state index in [1.54, 1.807) is 0 Å². The van der Waals surface area contributed by atoms with E-state index >= 15 is 0 Å². The maximum Gasteiger partial charge on any atom is 0.433 e. The molecule has 0 saturated heterocycles. The third-order valence-corrected chi connectivity index (χ3v) is 2.63. The lowest BCUT2D eigenvalue weighted by Crippen LogP contribution is -2.13. The van der Waals surface area contributed by atoms with Crippen LogP contribution in [-0.4, -0.2) is 9.97 Å². The van der Waals surface area contributed by atoms with Crippen LogP contribution in [0, 0.1) is 6.92 Å². The first-order valence-electron chi connectivity index (χ1n) is 5.86. The zero-order chi connectivity index (χ0) is 14.8. The van der Waals surface area contributed by atoms with E-state index in [-0.39, 0.29) is 5.82 Å². The van der Waals surface area contributed by atoms with Crippen molar-refractivity contribution in [3.63, 3.8) is 0 Å². The van der Waals surface area contributed by atoms with E-state index < -0.39 is 17.8 Å². The highest BCUT2D eigenvalue weighted by Crippen LogP contribution is 2.29. The Morgan fingerprint density at radius 1 is 1.15 bits per heavy atom. The Kier molecular flexibility index (Phi) is 3.78. The highest BCUT2D eigenvalue weighted by molar-refractivity contribution is 5.42. The Hall–Kier alpha value is -2.31. The standard InChI is InChI=1S/C13H13F3N4/c1-8-2-4-9(5-3-8)7-18-11-6-10(13(14,15)16)19-12(17)20-11/h2-6H,7H2,1H3,(H3,17,18,19,20). The Bertz CT molecular complexity index is 594. The summed E-state index contributed by atoms with van der Waals surface area (Å²) in [5.41, 5.74) is 6.27. The maximum absolute atomic E-state index is 12.6. The van der Waals surface area contributed by atoms with Gasteiger partial charge in [0.2, 0.25) is 5.95 Å². The van der Waals surface area contributed by atoms with Crippen LogP contribution in [0.25, 0.3) is 0 Å². The summed E-state index contributed by atoms with van der Waals surface area (Å²) in [4.78, 5) is 6.91. The number of rotatable bonds is 3. The van der Waals surface area contributed by atoms with Gasteiger partial charge in [0.1, 0.15) is 5.82 Å². The zero-order valence-corrected chi connectivity index (χ0v) is 10.7. The second-order valence-electron chi connectivity index (χ2n) is 4.33. The summed E-state index contributed by atoms with van der Waals surface area (Å²) < 4.78 is 37.7. The first-order valence-corrected chi connectivity index (χ1v) is 5.86. The lowest BCUT2D eigenvalue weighted by atomic mass is 10.1. The average molecular weight is 282 g/mol. The molecule has 0 saturated carbocycles. The summed E-state index contributed by atoms with van der Waals surface area (Å²) in [6, 6.07) is 8.46. The van der Waals surface area contributed by atoms with Crippen molar-refractivity contribution in [1.82, 2.24) is 9.97 Å². The monoisotopic (exact) mass is 282 g/mol. The second kappa shape index (κ2) is 5.36. The number of benzene rings is 1. The number of aromatic nitrogens is 2. The smallest absolute Gasteiger partial charge is 0.368 e. The van der Waals surface area contributed by atoms with Gasteiger partial charge in [-0.3, -0.25) is 0 Å². The van der Waals surface area contributed by atoms with Crippen LogP contribution in [0.2, 0.25) is 0 Å². The lowest BCUT2D eigenvalue weighted by molar-refractivity contribution is -0.141. The Morgan fingerprint density at radius 2 is 1.80 bits per heavy atom. The van der Waals surface area contributed by atoms with E-state index in [0.717, 1.165) is 17.2 Å². The molecule has 0 radical (unpaired) electrons. The van der Waals surface area contributed by atoms with E-state index in [9.17, 15) is 13.2 Å². The fraction of sp³-hybridized carbons (Fsp3) is 0.231. The number of nitrogens with two attached hydrogens (primary N) is 1. The molecule has 2 aromatic rings.